The summed E-state index contributed by atoms with van der Waals surface area (Å²) in [6, 6.07) is 7.47. The summed E-state index contributed by atoms with van der Waals surface area (Å²) in [5.41, 5.74) is 0.988. The first-order chi connectivity index (χ1) is 7.98. The molecule has 1 aromatic rings. The number of hydrogen-bond acceptors (Lipinski definition) is 2. The smallest absolute Gasteiger partial charge is 0.253 e. The van der Waals surface area contributed by atoms with Gasteiger partial charge < -0.3 is 4.90 Å². The van der Waals surface area contributed by atoms with Crippen molar-refractivity contribution in [1.82, 2.24) is 4.90 Å². The highest BCUT2D eigenvalue weighted by atomic mass is 32.1. The maximum Gasteiger partial charge on any atom is 0.253 e. The topological polar surface area (TPSA) is 20.3 Å². The number of likely N-dealkylation sites (tertiary alicyclic amines) is 1. The summed E-state index contributed by atoms with van der Waals surface area (Å²) in [6.07, 6.45) is 2.29. The van der Waals surface area contributed by atoms with Crippen LogP contribution in [0.2, 0.25) is 0 Å². The summed E-state index contributed by atoms with van der Waals surface area (Å²) >= 11 is 4.28. The molecule has 17 heavy (non-hydrogen) atoms. The van der Waals surface area contributed by atoms with Crippen molar-refractivity contribution in [2.24, 2.45) is 5.41 Å². The third-order valence-corrected chi connectivity index (χ3v) is 3.56. The van der Waals surface area contributed by atoms with Crippen LogP contribution >= 0.6 is 12.6 Å². The van der Waals surface area contributed by atoms with E-state index in [9.17, 15) is 4.79 Å². The van der Waals surface area contributed by atoms with Crippen molar-refractivity contribution >= 4 is 18.5 Å². The van der Waals surface area contributed by atoms with Gasteiger partial charge in [0, 0.05) is 23.5 Å². The third-order valence-electron chi connectivity index (χ3n) is 3.28. The van der Waals surface area contributed by atoms with Crippen LogP contribution in [0.1, 0.15) is 37.0 Å². The van der Waals surface area contributed by atoms with E-state index in [1.54, 1.807) is 0 Å². The van der Waals surface area contributed by atoms with Gasteiger partial charge in [0.05, 0.1) is 0 Å². The predicted octanol–water partition coefficient (Wildman–Crippen LogP) is 3.24. The fraction of sp³-hybridized carbons (Fsp3) is 0.500. The van der Waals surface area contributed by atoms with Crippen LogP contribution in [0.15, 0.2) is 29.2 Å². The van der Waals surface area contributed by atoms with E-state index in [0.717, 1.165) is 30.0 Å². The quantitative estimate of drug-likeness (QED) is 0.758. The van der Waals surface area contributed by atoms with Crippen LogP contribution in [-0.4, -0.2) is 23.9 Å². The normalized spacial score (nSPS) is 19.1. The first-order valence-corrected chi connectivity index (χ1v) is 6.51. The number of nitrogens with zero attached hydrogens (tertiary/aromatic N) is 1. The lowest BCUT2D eigenvalue weighted by molar-refractivity contribution is 0.0583. The van der Waals surface area contributed by atoms with Crippen molar-refractivity contribution in [3.8, 4) is 0 Å². The van der Waals surface area contributed by atoms with Gasteiger partial charge >= 0.3 is 0 Å². The van der Waals surface area contributed by atoms with E-state index in [0.29, 0.717) is 0 Å². The molecule has 0 aromatic heterocycles. The van der Waals surface area contributed by atoms with Crippen molar-refractivity contribution in [2.75, 3.05) is 13.1 Å². The Hall–Kier alpha value is -0.960. The molecule has 1 fully saturated rings. The molecule has 2 nitrogen and oxygen atoms in total. The molecule has 1 saturated heterocycles. The lowest BCUT2D eigenvalue weighted by Crippen LogP contribution is -2.43. The Labute approximate surface area is 108 Å². The van der Waals surface area contributed by atoms with Gasteiger partial charge in [0.1, 0.15) is 0 Å². The number of hydrogen-bond donors (Lipinski definition) is 1. The van der Waals surface area contributed by atoms with Crippen LogP contribution < -0.4 is 0 Å². The molecule has 1 aliphatic heterocycles. The van der Waals surface area contributed by atoms with Gasteiger partial charge in [0.25, 0.3) is 5.91 Å². The van der Waals surface area contributed by atoms with Gasteiger partial charge in [-0.1, -0.05) is 19.9 Å². The highest BCUT2D eigenvalue weighted by molar-refractivity contribution is 7.80. The average Bonchev–Trinajstić information content (AvgIpc) is 2.26. The van der Waals surface area contributed by atoms with Gasteiger partial charge in [-0.25, -0.2) is 0 Å². The molecule has 1 heterocycles. The van der Waals surface area contributed by atoms with E-state index in [2.05, 4.69) is 26.5 Å². The number of carbonyl (C=O) groups is 1. The lowest BCUT2D eigenvalue weighted by Gasteiger charge is -2.38. The van der Waals surface area contributed by atoms with Crippen molar-refractivity contribution < 1.29 is 4.79 Å². The average molecular weight is 249 g/mol. The molecule has 0 N–H and O–H groups in total. The summed E-state index contributed by atoms with van der Waals surface area (Å²) in [5, 5.41) is 0. The van der Waals surface area contributed by atoms with Crippen LogP contribution in [0.25, 0.3) is 0 Å². The van der Waals surface area contributed by atoms with Crippen molar-refractivity contribution in [3.63, 3.8) is 0 Å². The Morgan fingerprint density at radius 2 is 2.18 bits per heavy atom. The molecule has 0 radical (unpaired) electrons. The molecule has 3 heteroatoms. The maximum absolute atomic E-state index is 12.3. The molecule has 0 saturated carbocycles. The number of rotatable bonds is 1. The minimum absolute atomic E-state index is 0.133. The molecule has 1 amide bonds. The summed E-state index contributed by atoms with van der Waals surface area (Å²) in [6.45, 7) is 6.17. The van der Waals surface area contributed by atoms with Crippen LogP contribution in [0, 0.1) is 5.41 Å². The Morgan fingerprint density at radius 1 is 1.41 bits per heavy atom. The van der Waals surface area contributed by atoms with Crippen LogP contribution in [0.3, 0.4) is 0 Å². The minimum Gasteiger partial charge on any atom is -0.338 e. The molecule has 0 spiro atoms. The predicted molar refractivity (Wildman–Crippen MR) is 72.6 cm³/mol. The molecular weight excluding hydrogens is 230 g/mol. The summed E-state index contributed by atoms with van der Waals surface area (Å²) in [5.74, 6) is 0.133. The maximum atomic E-state index is 12.3. The van der Waals surface area contributed by atoms with Gasteiger partial charge in [-0.3, -0.25) is 4.79 Å². The molecule has 0 atom stereocenters. The second-order valence-electron chi connectivity index (χ2n) is 5.54. The standard InChI is InChI=1S/C14H19NOS/c1-14(2)7-4-8-15(10-14)13(16)11-5-3-6-12(17)9-11/h3,5-6,9,17H,4,7-8,10H2,1-2H3. The van der Waals surface area contributed by atoms with E-state index < -0.39 is 0 Å². The fourth-order valence-electron chi connectivity index (χ4n) is 2.42. The van der Waals surface area contributed by atoms with Crippen molar-refractivity contribution in [3.05, 3.63) is 29.8 Å². The summed E-state index contributed by atoms with van der Waals surface area (Å²) < 4.78 is 0. The number of thiol groups is 1. The monoisotopic (exact) mass is 249 g/mol. The first-order valence-electron chi connectivity index (χ1n) is 6.06. The molecule has 1 aliphatic rings. The van der Waals surface area contributed by atoms with E-state index >= 15 is 0 Å². The lowest BCUT2D eigenvalue weighted by atomic mass is 9.84. The second-order valence-corrected chi connectivity index (χ2v) is 6.06. The van der Waals surface area contributed by atoms with E-state index in [4.69, 9.17) is 0 Å². The van der Waals surface area contributed by atoms with Crippen LogP contribution in [0.4, 0.5) is 0 Å². The van der Waals surface area contributed by atoms with E-state index in [1.807, 2.05) is 29.2 Å². The molecule has 92 valence electrons. The number of amides is 1. The van der Waals surface area contributed by atoms with Crippen LogP contribution in [-0.2, 0) is 0 Å². The van der Waals surface area contributed by atoms with E-state index in [-0.39, 0.29) is 11.3 Å². The van der Waals surface area contributed by atoms with Gasteiger partial charge in [-0.2, -0.15) is 0 Å². The minimum atomic E-state index is 0.133. The zero-order valence-electron chi connectivity index (χ0n) is 10.4. The molecule has 0 bridgehead atoms. The Morgan fingerprint density at radius 3 is 2.82 bits per heavy atom. The van der Waals surface area contributed by atoms with Gasteiger partial charge in [0.15, 0.2) is 0 Å². The van der Waals surface area contributed by atoms with Crippen LogP contribution in [0.5, 0.6) is 0 Å². The molecular formula is C14H19NOS. The molecule has 0 unspecified atom stereocenters. The largest absolute Gasteiger partial charge is 0.338 e. The Balaban J connectivity index is 2.15. The Kier molecular flexibility index (Phi) is 3.48. The van der Waals surface area contributed by atoms with E-state index in [1.165, 1.54) is 6.42 Å². The number of carbonyl (C=O) groups excluding carboxylic acids is 1. The Bertz CT molecular complexity index is 428. The summed E-state index contributed by atoms with van der Waals surface area (Å²) in [7, 11) is 0. The third kappa shape index (κ3) is 3.03. The molecule has 1 aromatic carbocycles. The SMILES string of the molecule is CC1(C)CCCN(C(=O)c2cccc(S)c2)C1. The van der Waals surface area contributed by atoms with Crippen molar-refractivity contribution in [2.45, 2.75) is 31.6 Å². The number of benzene rings is 1. The zero-order valence-corrected chi connectivity index (χ0v) is 11.3. The van der Waals surface area contributed by atoms with Crippen molar-refractivity contribution in [1.29, 1.82) is 0 Å². The van der Waals surface area contributed by atoms with Gasteiger partial charge in [-0.05, 0) is 36.5 Å². The zero-order chi connectivity index (χ0) is 12.5. The second kappa shape index (κ2) is 4.73. The highest BCUT2D eigenvalue weighted by Gasteiger charge is 2.29. The summed E-state index contributed by atoms with van der Waals surface area (Å²) in [4.78, 5) is 15.1. The van der Waals surface area contributed by atoms with Gasteiger partial charge in [-0.15, -0.1) is 12.6 Å². The number of piperidine rings is 1. The fourth-order valence-corrected chi connectivity index (χ4v) is 2.64. The van der Waals surface area contributed by atoms with Gasteiger partial charge in [0.2, 0.25) is 0 Å². The first kappa shape index (κ1) is 12.5. The molecule has 0 aliphatic carbocycles. The molecule has 2 rings (SSSR count). The highest BCUT2D eigenvalue weighted by Crippen LogP contribution is 2.29.